The molecule has 0 aliphatic heterocycles. The Morgan fingerprint density at radius 3 is 2.67 bits per heavy atom. The highest BCUT2D eigenvalue weighted by molar-refractivity contribution is 6.33. The zero-order chi connectivity index (χ0) is 19.6. The maximum atomic E-state index is 13.3. The summed E-state index contributed by atoms with van der Waals surface area (Å²) in [5.41, 5.74) is 0.750. The number of aromatic nitrogens is 3. The molecule has 0 saturated carbocycles. The van der Waals surface area contributed by atoms with Gasteiger partial charge < -0.3 is 5.32 Å². The lowest BCUT2D eigenvalue weighted by Crippen LogP contribution is -2.23. The molecule has 0 aliphatic rings. The summed E-state index contributed by atoms with van der Waals surface area (Å²) < 4.78 is 26.6. The van der Waals surface area contributed by atoms with Gasteiger partial charge in [-0.25, -0.2) is 13.6 Å². The molecule has 0 unspecified atom stereocenters. The highest BCUT2D eigenvalue weighted by Gasteiger charge is 2.14. The number of hydrogen-bond acceptors (Lipinski definition) is 3. The third-order valence-corrected chi connectivity index (χ3v) is 4.28. The molecule has 3 aromatic rings. The van der Waals surface area contributed by atoms with Crippen LogP contribution in [0, 0.1) is 5.82 Å². The smallest absolute Gasteiger partial charge is 0.348 e. The Labute approximate surface area is 161 Å². The third kappa shape index (κ3) is 4.17. The molecule has 0 atom stereocenters. The number of aromatic amines is 1. The number of hydrogen-bond donors (Lipinski definition) is 2. The molecule has 0 spiro atoms. The van der Waals surface area contributed by atoms with E-state index >= 15 is 0 Å². The Kier molecular flexibility index (Phi) is 5.57. The second kappa shape index (κ2) is 7.89. The van der Waals surface area contributed by atoms with Crippen molar-refractivity contribution in [2.45, 2.75) is 6.54 Å². The molecule has 1 heterocycles. The maximum absolute atomic E-state index is 13.3. The highest BCUT2D eigenvalue weighted by atomic mass is 35.5. The van der Waals surface area contributed by atoms with E-state index in [0.29, 0.717) is 16.1 Å². The number of amides is 1. The average molecular weight is 413 g/mol. The Morgan fingerprint density at radius 1 is 1.19 bits per heavy atom. The van der Waals surface area contributed by atoms with Crippen LogP contribution < -0.4 is 11.0 Å². The minimum atomic E-state index is -1.11. The quantitative estimate of drug-likeness (QED) is 0.674. The lowest BCUT2D eigenvalue weighted by atomic mass is 10.1. The number of halogens is 4. The average Bonchev–Trinajstić information content (AvgIpc) is 3.04. The summed E-state index contributed by atoms with van der Waals surface area (Å²) in [7, 11) is 0. The van der Waals surface area contributed by atoms with Crippen LogP contribution in [0.15, 0.2) is 41.2 Å². The first-order chi connectivity index (χ1) is 12.9. The number of rotatable bonds is 5. The summed E-state index contributed by atoms with van der Waals surface area (Å²) in [5.74, 6) is -1.18. The van der Waals surface area contributed by atoms with E-state index in [0.717, 1.165) is 10.7 Å². The number of nitrogens with one attached hydrogen (secondary N) is 2. The molecule has 6 nitrogen and oxygen atoms in total. The summed E-state index contributed by atoms with van der Waals surface area (Å²) in [6.07, 6.45) is 0. The fourth-order valence-electron chi connectivity index (χ4n) is 2.35. The molecule has 140 valence electrons. The van der Waals surface area contributed by atoms with Crippen molar-refractivity contribution in [2.24, 2.45) is 0 Å². The molecule has 0 aliphatic carbocycles. The Bertz CT molecular complexity index is 1070. The molecular formula is C17H12Cl2F2N4O2. The Hall–Kier alpha value is -2.71. The monoisotopic (exact) mass is 412 g/mol. The fraction of sp³-hybridized carbons (Fsp3) is 0.118. The number of benzene rings is 2. The van der Waals surface area contributed by atoms with Crippen molar-refractivity contribution in [3.05, 3.63) is 68.3 Å². The van der Waals surface area contributed by atoms with Crippen LogP contribution in [0.3, 0.4) is 0 Å². The molecule has 3 rings (SSSR count). The number of alkyl halides is 1. The van der Waals surface area contributed by atoms with E-state index < -0.39 is 24.1 Å². The summed E-state index contributed by atoms with van der Waals surface area (Å²) in [5, 5.41) is 6.73. The summed E-state index contributed by atoms with van der Waals surface area (Å²) in [6.45, 7) is -1.02. The zero-order valence-corrected chi connectivity index (χ0v) is 15.1. The van der Waals surface area contributed by atoms with E-state index in [4.69, 9.17) is 23.2 Å². The highest BCUT2D eigenvalue weighted by Crippen LogP contribution is 2.26. The van der Waals surface area contributed by atoms with Crippen molar-refractivity contribution in [2.75, 3.05) is 6.67 Å². The zero-order valence-electron chi connectivity index (χ0n) is 13.6. The molecule has 0 radical (unpaired) electrons. The van der Waals surface area contributed by atoms with Crippen LogP contribution in [0.1, 0.15) is 5.56 Å². The lowest BCUT2D eigenvalue weighted by Gasteiger charge is -2.06. The van der Waals surface area contributed by atoms with E-state index in [1.54, 1.807) is 18.2 Å². The lowest BCUT2D eigenvalue weighted by molar-refractivity contribution is -0.122. The van der Waals surface area contributed by atoms with Gasteiger partial charge in [0.1, 0.15) is 5.82 Å². The normalized spacial score (nSPS) is 10.8. The van der Waals surface area contributed by atoms with Crippen LogP contribution in [-0.2, 0) is 11.3 Å². The third-order valence-electron chi connectivity index (χ3n) is 3.66. The van der Waals surface area contributed by atoms with E-state index in [9.17, 15) is 18.4 Å². The van der Waals surface area contributed by atoms with Crippen molar-refractivity contribution in [3.8, 4) is 17.1 Å². The van der Waals surface area contributed by atoms with Crippen LogP contribution in [-0.4, -0.2) is 27.3 Å². The molecular weight excluding hydrogens is 401 g/mol. The molecule has 0 bridgehead atoms. The fourth-order valence-corrected chi connectivity index (χ4v) is 2.73. The first-order valence-electron chi connectivity index (χ1n) is 7.65. The Balaban J connectivity index is 1.96. The van der Waals surface area contributed by atoms with Gasteiger partial charge in [-0.15, -0.1) is 5.10 Å². The predicted octanol–water partition coefficient (Wildman–Crippen LogP) is 3.26. The molecule has 0 fully saturated rings. The Morgan fingerprint density at radius 2 is 1.96 bits per heavy atom. The van der Waals surface area contributed by atoms with Crippen LogP contribution in [0.2, 0.25) is 10.0 Å². The molecule has 1 amide bonds. The van der Waals surface area contributed by atoms with Gasteiger partial charge in [-0.3, -0.25) is 9.78 Å². The van der Waals surface area contributed by atoms with Gasteiger partial charge >= 0.3 is 5.69 Å². The van der Waals surface area contributed by atoms with Crippen molar-refractivity contribution in [3.63, 3.8) is 0 Å². The van der Waals surface area contributed by atoms with Crippen molar-refractivity contribution >= 4 is 29.1 Å². The molecule has 0 saturated heterocycles. The van der Waals surface area contributed by atoms with E-state index in [1.165, 1.54) is 12.1 Å². The molecule has 2 N–H and O–H groups in total. The van der Waals surface area contributed by atoms with Crippen LogP contribution in [0.25, 0.3) is 17.1 Å². The number of H-pyrrole nitrogens is 1. The van der Waals surface area contributed by atoms with Crippen LogP contribution >= 0.6 is 23.2 Å². The predicted molar refractivity (Wildman–Crippen MR) is 97.4 cm³/mol. The second-order valence-corrected chi connectivity index (χ2v) is 6.33. The van der Waals surface area contributed by atoms with Crippen LogP contribution in [0.4, 0.5) is 8.78 Å². The maximum Gasteiger partial charge on any atom is 0.348 e. The van der Waals surface area contributed by atoms with Gasteiger partial charge in [0.15, 0.2) is 12.5 Å². The minimum Gasteiger partial charge on any atom is -0.350 e. The first-order valence-corrected chi connectivity index (χ1v) is 8.41. The summed E-state index contributed by atoms with van der Waals surface area (Å²) in [4.78, 5) is 25.8. The van der Waals surface area contributed by atoms with Gasteiger partial charge in [-0.2, -0.15) is 4.68 Å². The van der Waals surface area contributed by atoms with Crippen molar-refractivity contribution in [1.82, 2.24) is 20.1 Å². The van der Waals surface area contributed by atoms with Gasteiger partial charge in [-0.05, 0) is 35.9 Å². The van der Waals surface area contributed by atoms with E-state index in [1.807, 2.05) is 0 Å². The van der Waals surface area contributed by atoms with Gasteiger partial charge in [0.25, 0.3) is 5.91 Å². The minimum absolute atomic E-state index is 0.0887. The summed E-state index contributed by atoms with van der Waals surface area (Å²) in [6, 6.07) is 8.59. The standard InChI is InChI=1S/C17H12Cl2F2N4O2/c18-12-3-1-9(8-22-15(26)7-20)5-11(12)16-23-17(27)25(24-16)10-2-4-14(21)13(19)6-10/h1-6H,7-8H2,(H,22,26)(H,23,24,27). The molecule has 10 heteroatoms. The number of carbonyl (C=O) groups is 1. The SMILES string of the molecule is O=C(CF)NCc1ccc(Cl)c(-c2nn(-c3ccc(F)c(Cl)c3)c(=O)[nH]2)c1. The molecule has 27 heavy (non-hydrogen) atoms. The van der Waals surface area contributed by atoms with E-state index in [2.05, 4.69) is 15.4 Å². The van der Waals surface area contributed by atoms with Gasteiger partial charge in [-0.1, -0.05) is 29.3 Å². The van der Waals surface area contributed by atoms with Gasteiger partial charge in [0.2, 0.25) is 0 Å². The van der Waals surface area contributed by atoms with Crippen LogP contribution in [0.5, 0.6) is 0 Å². The number of carbonyl (C=O) groups excluding carboxylic acids is 1. The van der Waals surface area contributed by atoms with E-state index in [-0.39, 0.29) is 23.1 Å². The molecule has 2 aromatic carbocycles. The topological polar surface area (TPSA) is 79.8 Å². The number of nitrogens with zero attached hydrogens (tertiary/aromatic N) is 2. The second-order valence-electron chi connectivity index (χ2n) is 5.51. The summed E-state index contributed by atoms with van der Waals surface area (Å²) >= 11 is 11.9. The van der Waals surface area contributed by atoms with Gasteiger partial charge in [0, 0.05) is 12.1 Å². The van der Waals surface area contributed by atoms with Crippen molar-refractivity contribution in [1.29, 1.82) is 0 Å². The first kappa shape index (κ1) is 19.1. The van der Waals surface area contributed by atoms with Crippen molar-refractivity contribution < 1.29 is 13.6 Å². The molecule has 1 aromatic heterocycles. The van der Waals surface area contributed by atoms with Gasteiger partial charge in [0.05, 0.1) is 15.7 Å². The largest absolute Gasteiger partial charge is 0.350 e.